The molecule has 0 radical (unpaired) electrons. The number of rotatable bonds is 4. The van der Waals surface area contributed by atoms with Gasteiger partial charge in [0, 0.05) is 44.6 Å². The number of benzene rings is 5. The van der Waals surface area contributed by atoms with Crippen molar-refractivity contribution < 1.29 is 0 Å². The maximum absolute atomic E-state index is 5.37. The summed E-state index contributed by atoms with van der Waals surface area (Å²) in [6.45, 7) is 0. The average molecular weight is 526 g/mol. The second kappa shape index (κ2) is 8.67. The Kier molecular flexibility index (Phi) is 4.79. The molecule has 0 amide bonds. The molecule has 3 nitrogen and oxygen atoms in total. The summed E-state index contributed by atoms with van der Waals surface area (Å²) in [7, 11) is 0. The Bertz CT molecular complexity index is 2190. The van der Waals surface area contributed by atoms with Crippen LogP contribution in [-0.4, -0.2) is 14.2 Å². The van der Waals surface area contributed by atoms with Crippen LogP contribution in [-0.2, 0) is 0 Å². The molecule has 9 rings (SSSR count). The summed E-state index contributed by atoms with van der Waals surface area (Å²) in [6.07, 6.45) is 2.47. The maximum Gasteiger partial charge on any atom is 0.101 e. The Morgan fingerprint density at radius 2 is 1.17 bits per heavy atom. The lowest BCUT2D eigenvalue weighted by Gasteiger charge is -2.10. The van der Waals surface area contributed by atoms with E-state index < -0.39 is 0 Å². The number of aromatic nitrogens is 3. The van der Waals surface area contributed by atoms with E-state index in [0.717, 1.165) is 16.9 Å². The zero-order chi connectivity index (χ0) is 26.9. The SMILES string of the molecule is c1ccc(-c2c(-c3ccc(-n4c5ccccc5c5ccccc54)cc3)nn3c(C4CC4)cc4ccccc4c23)cc1. The van der Waals surface area contributed by atoms with Crippen molar-refractivity contribution in [2.45, 2.75) is 18.8 Å². The van der Waals surface area contributed by atoms with E-state index in [1.807, 2.05) is 0 Å². The van der Waals surface area contributed by atoms with Crippen LogP contribution in [0.3, 0.4) is 0 Å². The van der Waals surface area contributed by atoms with E-state index in [4.69, 9.17) is 5.10 Å². The maximum atomic E-state index is 5.37. The Morgan fingerprint density at radius 3 is 1.85 bits per heavy atom. The summed E-state index contributed by atoms with van der Waals surface area (Å²) in [6, 6.07) is 48.2. The van der Waals surface area contributed by atoms with Gasteiger partial charge in [-0.3, -0.25) is 0 Å². The van der Waals surface area contributed by atoms with Gasteiger partial charge in [0.05, 0.1) is 16.6 Å². The molecule has 5 aromatic carbocycles. The van der Waals surface area contributed by atoms with Crippen LogP contribution in [0.5, 0.6) is 0 Å². The summed E-state index contributed by atoms with van der Waals surface area (Å²) < 4.78 is 4.62. The first-order chi connectivity index (χ1) is 20.3. The first-order valence-corrected chi connectivity index (χ1v) is 14.4. The van der Waals surface area contributed by atoms with Gasteiger partial charge in [0.25, 0.3) is 0 Å². The van der Waals surface area contributed by atoms with Crippen LogP contribution in [0.4, 0.5) is 0 Å². The van der Waals surface area contributed by atoms with Gasteiger partial charge in [0.2, 0.25) is 0 Å². The van der Waals surface area contributed by atoms with Crippen LogP contribution < -0.4 is 0 Å². The summed E-state index contributed by atoms with van der Waals surface area (Å²) >= 11 is 0. The molecule has 0 saturated heterocycles. The van der Waals surface area contributed by atoms with E-state index in [1.165, 1.54) is 67.8 Å². The van der Waals surface area contributed by atoms with E-state index in [-0.39, 0.29) is 0 Å². The van der Waals surface area contributed by atoms with Crippen LogP contribution in [0.2, 0.25) is 0 Å². The number of pyridine rings is 1. The van der Waals surface area contributed by atoms with Crippen LogP contribution in [0.1, 0.15) is 24.5 Å². The van der Waals surface area contributed by atoms with Gasteiger partial charge in [-0.15, -0.1) is 0 Å². The second-order valence-corrected chi connectivity index (χ2v) is 11.2. The van der Waals surface area contributed by atoms with Crippen molar-refractivity contribution in [1.82, 2.24) is 14.2 Å². The highest BCUT2D eigenvalue weighted by molar-refractivity contribution is 6.09. The molecule has 0 aliphatic heterocycles. The van der Waals surface area contributed by atoms with Crippen molar-refractivity contribution in [2.75, 3.05) is 0 Å². The van der Waals surface area contributed by atoms with Gasteiger partial charge in [-0.2, -0.15) is 5.10 Å². The Labute approximate surface area is 237 Å². The third-order valence-corrected chi connectivity index (χ3v) is 8.69. The molecule has 8 aromatic rings. The van der Waals surface area contributed by atoms with Gasteiger partial charge in [0.15, 0.2) is 0 Å². The van der Waals surface area contributed by atoms with Gasteiger partial charge >= 0.3 is 0 Å². The number of para-hydroxylation sites is 2. The Balaban J connectivity index is 1.30. The summed E-state index contributed by atoms with van der Waals surface area (Å²) in [4.78, 5) is 0. The van der Waals surface area contributed by atoms with Crippen molar-refractivity contribution in [3.8, 4) is 28.1 Å². The molecule has 1 aliphatic rings. The highest BCUT2D eigenvalue weighted by Gasteiger charge is 2.29. The molecular weight excluding hydrogens is 498 g/mol. The predicted molar refractivity (Wildman–Crippen MR) is 170 cm³/mol. The lowest BCUT2D eigenvalue weighted by Crippen LogP contribution is -1.98. The fourth-order valence-electron chi connectivity index (χ4n) is 6.63. The van der Waals surface area contributed by atoms with E-state index in [2.05, 4.69) is 143 Å². The highest BCUT2D eigenvalue weighted by Crippen LogP contribution is 2.45. The quantitative estimate of drug-likeness (QED) is 0.224. The summed E-state index contributed by atoms with van der Waals surface area (Å²) in [5.41, 5.74) is 10.7. The van der Waals surface area contributed by atoms with Crippen molar-refractivity contribution >= 4 is 38.1 Å². The smallest absolute Gasteiger partial charge is 0.101 e. The molecular formula is C38H27N3. The topological polar surface area (TPSA) is 22.2 Å². The predicted octanol–water partition coefficient (Wildman–Crippen LogP) is 9.80. The van der Waals surface area contributed by atoms with Crippen molar-refractivity contribution in [1.29, 1.82) is 0 Å². The molecule has 41 heavy (non-hydrogen) atoms. The van der Waals surface area contributed by atoms with Gasteiger partial charge in [0.1, 0.15) is 5.69 Å². The lowest BCUT2D eigenvalue weighted by molar-refractivity contribution is 0.866. The van der Waals surface area contributed by atoms with Gasteiger partial charge in [-0.05, 0) is 54.1 Å². The fourth-order valence-corrected chi connectivity index (χ4v) is 6.63. The molecule has 0 N–H and O–H groups in total. The minimum absolute atomic E-state index is 0.580. The van der Waals surface area contributed by atoms with Crippen molar-refractivity contribution in [2.24, 2.45) is 0 Å². The molecule has 1 saturated carbocycles. The second-order valence-electron chi connectivity index (χ2n) is 11.2. The van der Waals surface area contributed by atoms with Gasteiger partial charge in [-0.25, -0.2) is 4.52 Å². The molecule has 0 atom stereocenters. The number of hydrogen-bond acceptors (Lipinski definition) is 1. The van der Waals surface area contributed by atoms with Crippen LogP contribution >= 0.6 is 0 Å². The molecule has 1 aliphatic carbocycles. The molecule has 0 unspecified atom stereocenters. The first-order valence-electron chi connectivity index (χ1n) is 14.4. The highest BCUT2D eigenvalue weighted by atomic mass is 15.2. The molecule has 0 spiro atoms. The third kappa shape index (κ3) is 3.42. The molecule has 194 valence electrons. The van der Waals surface area contributed by atoms with E-state index in [1.54, 1.807) is 0 Å². The van der Waals surface area contributed by atoms with Crippen molar-refractivity contribution in [3.63, 3.8) is 0 Å². The molecule has 3 heteroatoms. The lowest BCUT2D eigenvalue weighted by atomic mass is 9.97. The molecule has 3 heterocycles. The van der Waals surface area contributed by atoms with Crippen LogP contribution in [0.15, 0.2) is 133 Å². The van der Waals surface area contributed by atoms with Crippen LogP contribution in [0, 0.1) is 0 Å². The van der Waals surface area contributed by atoms with Crippen molar-refractivity contribution in [3.05, 3.63) is 139 Å². The summed E-state index contributed by atoms with van der Waals surface area (Å²) in [5, 5.41) is 10.5. The fraction of sp³-hybridized carbons (Fsp3) is 0.0789. The minimum atomic E-state index is 0.580. The number of nitrogens with zero attached hydrogens (tertiary/aromatic N) is 3. The third-order valence-electron chi connectivity index (χ3n) is 8.69. The first kappa shape index (κ1) is 22.6. The van der Waals surface area contributed by atoms with E-state index >= 15 is 0 Å². The monoisotopic (exact) mass is 525 g/mol. The Hall–Kier alpha value is -5.15. The molecule has 1 fully saturated rings. The largest absolute Gasteiger partial charge is 0.309 e. The normalized spacial score (nSPS) is 13.6. The standard InChI is InChI=1S/C38H27N3/c1-2-10-26(11-3-1)36-37(39-41-35(25-18-19-25)24-28-12-4-5-13-30(28)38(36)41)27-20-22-29(23-21-27)40-33-16-8-6-14-31(33)32-15-7-9-17-34(32)40/h1-17,20-25H,18-19H2. The van der Waals surface area contributed by atoms with Crippen LogP contribution in [0.25, 0.3) is 66.2 Å². The Morgan fingerprint density at radius 1 is 0.561 bits per heavy atom. The van der Waals surface area contributed by atoms with E-state index in [0.29, 0.717) is 5.92 Å². The summed E-state index contributed by atoms with van der Waals surface area (Å²) in [5.74, 6) is 0.580. The zero-order valence-corrected chi connectivity index (χ0v) is 22.5. The zero-order valence-electron chi connectivity index (χ0n) is 22.5. The number of hydrogen-bond donors (Lipinski definition) is 0. The van der Waals surface area contributed by atoms with E-state index in [9.17, 15) is 0 Å². The average Bonchev–Trinajstić information content (AvgIpc) is 3.72. The van der Waals surface area contributed by atoms with Gasteiger partial charge in [-0.1, -0.05) is 103 Å². The molecule has 3 aromatic heterocycles. The molecule has 0 bridgehead atoms. The van der Waals surface area contributed by atoms with Gasteiger partial charge < -0.3 is 4.57 Å². The number of fused-ring (bicyclic) bond motifs is 6. The minimum Gasteiger partial charge on any atom is -0.309 e.